The van der Waals surface area contributed by atoms with Crippen molar-refractivity contribution in [3.8, 4) is 5.75 Å². The normalized spacial score (nSPS) is 17.0. The number of imide groups is 1. The van der Waals surface area contributed by atoms with Gasteiger partial charge in [0.1, 0.15) is 11.4 Å². The minimum absolute atomic E-state index is 0.265. The molecular formula is C23H24N2O3. The summed E-state index contributed by atoms with van der Waals surface area (Å²) in [5, 5.41) is 0. The van der Waals surface area contributed by atoms with Gasteiger partial charge in [0.25, 0.3) is 11.8 Å². The minimum atomic E-state index is -0.286. The van der Waals surface area contributed by atoms with Gasteiger partial charge >= 0.3 is 0 Å². The zero-order valence-electron chi connectivity index (χ0n) is 16.1. The van der Waals surface area contributed by atoms with Gasteiger partial charge < -0.3 is 9.64 Å². The molecule has 0 N–H and O–H groups in total. The first-order valence-electron chi connectivity index (χ1n) is 9.87. The molecule has 2 aromatic carbocycles. The molecule has 144 valence electrons. The second-order valence-corrected chi connectivity index (χ2v) is 7.05. The predicted octanol–water partition coefficient (Wildman–Crippen LogP) is 3.86. The third kappa shape index (κ3) is 3.17. The highest BCUT2D eigenvalue weighted by Crippen LogP contribution is 2.39. The van der Waals surface area contributed by atoms with Gasteiger partial charge in [-0.25, -0.2) is 4.90 Å². The lowest BCUT2D eigenvalue weighted by Gasteiger charge is -2.21. The SMILES string of the molecule is CCCOc1ccccc1N1C(=O)C(c2ccccc2)=C(N2CCCC2)C1=O. The average molecular weight is 376 g/mol. The van der Waals surface area contributed by atoms with Gasteiger partial charge in [0.15, 0.2) is 0 Å². The maximum atomic E-state index is 13.5. The van der Waals surface area contributed by atoms with E-state index in [4.69, 9.17) is 4.74 Å². The molecule has 0 aromatic heterocycles. The number of para-hydroxylation sites is 2. The molecule has 0 saturated carbocycles. The fourth-order valence-electron chi connectivity index (χ4n) is 3.81. The Labute approximate surface area is 165 Å². The molecule has 28 heavy (non-hydrogen) atoms. The highest BCUT2D eigenvalue weighted by Gasteiger charge is 2.43. The van der Waals surface area contributed by atoms with Crippen LogP contribution in [0, 0.1) is 0 Å². The van der Waals surface area contributed by atoms with E-state index in [0.29, 0.717) is 29.3 Å². The van der Waals surface area contributed by atoms with E-state index < -0.39 is 0 Å². The first-order chi connectivity index (χ1) is 13.7. The molecule has 5 nitrogen and oxygen atoms in total. The van der Waals surface area contributed by atoms with Crippen LogP contribution >= 0.6 is 0 Å². The number of nitrogens with zero attached hydrogens (tertiary/aromatic N) is 2. The number of carbonyl (C=O) groups excluding carboxylic acids is 2. The largest absolute Gasteiger partial charge is 0.491 e. The Bertz CT molecular complexity index is 914. The van der Waals surface area contributed by atoms with Crippen LogP contribution in [0.5, 0.6) is 5.75 Å². The molecule has 0 atom stereocenters. The smallest absolute Gasteiger partial charge is 0.282 e. The van der Waals surface area contributed by atoms with Crippen LogP contribution in [0.3, 0.4) is 0 Å². The maximum Gasteiger partial charge on any atom is 0.282 e. The van der Waals surface area contributed by atoms with Crippen molar-refractivity contribution in [2.24, 2.45) is 0 Å². The van der Waals surface area contributed by atoms with Crippen molar-refractivity contribution < 1.29 is 14.3 Å². The topological polar surface area (TPSA) is 49.9 Å². The van der Waals surface area contributed by atoms with Gasteiger partial charge in [-0.1, -0.05) is 49.4 Å². The van der Waals surface area contributed by atoms with E-state index >= 15 is 0 Å². The number of amides is 2. The van der Waals surface area contributed by atoms with Gasteiger partial charge in [0.2, 0.25) is 0 Å². The zero-order valence-corrected chi connectivity index (χ0v) is 16.1. The molecule has 0 spiro atoms. The van der Waals surface area contributed by atoms with Crippen LogP contribution < -0.4 is 9.64 Å². The first-order valence-corrected chi connectivity index (χ1v) is 9.87. The molecule has 0 radical (unpaired) electrons. The van der Waals surface area contributed by atoms with Crippen molar-refractivity contribution in [3.05, 3.63) is 65.9 Å². The molecule has 2 heterocycles. The predicted molar refractivity (Wildman–Crippen MR) is 109 cm³/mol. The van der Waals surface area contributed by atoms with E-state index in [1.165, 1.54) is 4.90 Å². The van der Waals surface area contributed by atoms with Gasteiger partial charge in [-0.15, -0.1) is 0 Å². The van der Waals surface area contributed by atoms with Crippen molar-refractivity contribution in [1.29, 1.82) is 0 Å². The Morgan fingerprint density at radius 2 is 1.57 bits per heavy atom. The summed E-state index contributed by atoms with van der Waals surface area (Å²) in [7, 11) is 0. The summed E-state index contributed by atoms with van der Waals surface area (Å²) >= 11 is 0. The number of anilines is 1. The molecule has 2 aliphatic heterocycles. The maximum absolute atomic E-state index is 13.5. The fourth-order valence-corrected chi connectivity index (χ4v) is 3.81. The van der Waals surface area contributed by atoms with Crippen molar-refractivity contribution >= 4 is 23.1 Å². The van der Waals surface area contributed by atoms with Crippen molar-refractivity contribution in [1.82, 2.24) is 4.90 Å². The Morgan fingerprint density at radius 3 is 2.29 bits per heavy atom. The minimum Gasteiger partial charge on any atom is -0.491 e. The number of benzene rings is 2. The van der Waals surface area contributed by atoms with Gasteiger partial charge in [0.05, 0.1) is 17.9 Å². The van der Waals surface area contributed by atoms with Gasteiger partial charge in [-0.2, -0.15) is 0 Å². The summed E-state index contributed by atoms with van der Waals surface area (Å²) in [6.45, 7) is 4.15. The van der Waals surface area contributed by atoms with Crippen LogP contribution in [0.2, 0.25) is 0 Å². The Kier molecular flexibility index (Phi) is 5.15. The van der Waals surface area contributed by atoms with E-state index in [1.807, 2.05) is 55.5 Å². The summed E-state index contributed by atoms with van der Waals surface area (Å²) in [5.41, 5.74) is 2.28. The van der Waals surface area contributed by atoms with E-state index in [2.05, 4.69) is 4.90 Å². The third-order valence-corrected chi connectivity index (χ3v) is 5.11. The highest BCUT2D eigenvalue weighted by atomic mass is 16.5. The van der Waals surface area contributed by atoms with Crippen LogP contribution in [-0.4, -0.2) is 36.4 Å². The molecule has 2 aliphatic rings. The highest BCUT2D eigenvalue weighted by molar-refractivity contribution is 6.45. The molecule has 0 bridgehead atoms. The Hall–Kier alpha value is -3.08. The second-order valence-electron chi connectivity index (χ2n) is 7.05. The van der Waals surface area contributed by atoms with Crippen LogP contribution in [0.4, 0.5) is 5.69 Å². The van der Waals surface area contributed by atoms with Crippen molar-refractivity contribution in [2.75, 3.05) is 24.6 Å². The molecule has 2 amide bonds. The lowest BCUT2D eigenvalue weighted by Crippen LogP contribution is -2.34. The summed E-state index contributed by atoms with van der Waals surface area (Å²) in [5.74, 6) is 0.00471. The van der Waals surface area contributed by atoms with Crippen molar-refractivity contribution in [3.63, 3.8) is 0 Å². The molecule has 1 fully saturated rings. The number of hydrogen-bond donors (Lipinski definition) is 0. The van der Waals surface area contributed by atoms with Crippen LogP contribution in [0.25, 0.3) is 5.57 Å². The lowest BCUT2D eigenvalue weighted by atomic mass is 10.0. The summed E-state index contributed by atoms with van der Waals surface area (Å²) in [6.07, 6.45) is 2.91. The Morgan fingerprint density at radius 1 is 0.893 bits per heavy atom. The van der Waals surface area contributed by atoms with E-state index in [-0.39, 0.29) is 11.8 Å². The summed E-state index contributed by atoms with van der Waals surface area (Å²) in [4.78, 5) is 30.3. The first kappa shape index (κ1) is 18.3. The number of likely N-dealkylation sites (tertiary alicyclic amines) is 1. The van der Waals surface area contributed by atoms with Gasteiger partial charge in [-0.3, -0.25) is 9.59 Å². The molecular weight excluding hydrogens is 352 g/mol. The average Bonchev–Trinajstić information content (AvgIpc) is 3.33. The van der Waals surface area contributed by atoms with Gasteiger partial charge in [0, 0.05) is 13.1 Å². The van der Waals surface area contributed by atoms with Crippen LogP contribution in [0.1, 0.15) is 31.7 Å². The molecule has 5 heteroatoms. The van der Waals surface area contributed by atoms with Crippen LogP contribution in [0.15, 0.2) is 60.3 Å². The molecule has 2 aromatic rings. The number of carbonyl (C=O) groups is 2. The van der Waals surface area contributed by atoms with E-state index in [0.717, 1.165) is 37.9 Å². The van der Waals surface area contributed by atoms with Gasteiger partial charge in [-0.05, 0) is 37.0 Å². The number of ether oxygens (including phenoxy) is 1. The zero-order chi connectivity index (χ0) is 19.5. The molecule has 0 unspecified atom stereocenters. The number of hydrogen-bond acceptors (Lipinski definition) is 4. The summed E-state index contributed by atoms with van der Waals surface area (Å²) < 4.78 is 5.82. The second kappa shape index (κ2) is 7.89. The Balaban J connectivity index is 1.80. The molecule has 4 rings (SSSR count). The van der Waals surface area contributed by atoms with Crippen molar-refractivity contribution in [2.45, 2.75) is 26.2 Å². The quantitative estimate of drug-likeness (QED) is 0.719. The fraction of sp³-hybridized carbons (Fsp3) is 0.304. The molecule has 0 aliphatic carbocycles. The standard InChI is InChI=1S/C23H24N2O3/c1-2-16-28-19-13-7-6-12-18(19)25-22(26)20(17-10-4-3-5-11-17)21(23(25)27)24-14-8-9-15-24/h3-7,10-13H,2,8-9,14-16H2,1H3. The lowest BCUT2D eigenvalue weighted by molar-refractivity contribution is -0.120. The summed E-state index contributed by atoms with van der Waals surface area (Å²) in [6, 6.07) is 16.7. The third-order valence-electron chi connectivity index (χ3n) is 5.11. The number of rotatable bonds is 6. The van der Waals surface area contributed by atoms with E-state index in [1.54, 1.807) is 6.07 Å². The monoisotopic (exact) mass is 376 g/mol. The molecule has 1 saturated heterocycles. The van der Waals surface area contributed by atoms with E-state index in [9.17, 15) is 9.59 Å². The van der Waals surface area contributed by atoms with Crippen LogP contribution in [-0.2, 0) is 9.59 Å².